The van der Waals surface area contributed by atoms with E-state index in [0.717, 1.165) is 11.3 Å². The first-order valence-corrected chi connectivity index (χ1v) is 10.5. The van der Waals surface area contributed by atoms with Crippen molar-refractivity contribution in [1.82, 2.24) is 14.5 Å². The third-order valence-electron chi connectivity index (χ3n) is 3.53. The third kappa shape index (κ3) is 4.74. The molecule has 0 aliphatic carbocycles. The first-order valence-electron chi connectivity index (χ1n) is 8.11. The Kier molecular flexibility index (Phi) is 6.30. The zero-order chi connectivity index (χ0) is 19.6. The predicted octanol–water partition coefficient (Wildman–Crippen LogP) is 1.77. The molecule has 0 radical (unpaired) electrons. The van der Waals surface area contributed by atoms with E-state index in [2.05, 4.69) is 9.97 Å². The van der Waals surface area contributed by atoms with E-state index in [9.17, 15) is 18.9 Å². The van der Waals surface area contributed by atoms with Crippen LogP contribution in [0.1, 0.15) is 52.4 Å². The number of hydrogen-bond donors (Lipinski definition) is 1. The van der Waals surface area contributed by atoms with Gasteiger partial charge in [-0.05, 0) is 34.1 Å². The van der Waals surface area contributed by atoms with Gasteiger partial charge in [0, 0.05) is 18.7 Å². The standard InChI is InChI=1S/C16H23N3O5S2/c1-9(6-7-11(21)24-16(2,3)4)19-10(8-20)17-13-12(14(19)22)18-15(25-13)26(5)23/h9,20H,6-8H2,1-5H3/t9-,26?/m1/s1. The van der Waals surface area contributed by atoms with Crippen LogP contribution >= 0.6 is 11.3 Å². The molecule has 0 aromatic carbocycles. The molecule has 0 bridgehead atoms. The normalized spacial score (nSPS) is 14.4. The number of aliphatic hydroxyl groups is 1. The van der Waals surface area contributed by atoms with Crippen LogP contribution < -0.4 is 5.56 Å². The summed E-state index contributed by atoms with van der Waals surface area (Å²) in [7, 11) is -1.32. The summed E-state index contributed by atoms with van der Waals surface area (Å²) in [6.45, 7) is 6.71. The fourth-order valence-electron chi connectivity index (χ4n) is 2.45. The van der Waals surface area contributed by atoms with Crippen molar-refractivity contribution in [2.45, 2.75) is 63.1 Å². The maximum atomic E-state index is 12.8. The maximum absolute atomic E-state index is 12.8. The molecule has 26 heavy (non-hydrogen) atoms. The van der Waals surface area contributed by atoms with Crippen LogP contribution in [0.2, 0.25) is 0 Å². The molecule has 2 aromatic rings. The Labute approximate surface area is 157 Å². The smallest absolute Gasteiger partial charge is 0.306 e. The van der Waals surface area contributed by atoms with Gasteiger partial charge < -0.3 is 9.84 Å². The van der Waals surface area contributed by atoms with E-state index < -0.39 is 28.6 Å². The van der Waals surface area contributed by atoms with E-state index >= 15 is 0 Å². The quantitative estimate of drug-likeness (QED) is 0.734. The van der Waals surface area contributed by atoms with Gasteiger partial charge in [0.2, 0.25) is 0 Å². The molecule has 0 spiro atoms. The van der Waals surface area contributed by atoms with E-state index in [-0.39, 0.29) is 29.8 Å². The minimum atomic E-state index is -1.32. The van der Waals surface area contributed by atoms with Crippen molar-refractivity contribution < 1.29 is 18.8 Å². The number of ether oxygens (including phenoxy) is 1. The summed E-state index contributed by atoms with van der Waals surface area (Å²) in [5.74, 6) is -0.161. The van der Waals surface area contributed by atoms with Crippen molar-refractivity contribution in [1.29, 1.82) is 0 Å². The van der Waals surface area contributed by atoms with Gasteiger partial charge in [-0.25, -0.2) is 9.97 Å². The van der Waals surface area contributed by atoms with Crippen LogP contribution in [0.4, 0.5) is 0 Å². The molecular formula is C16H23N3O5S2. The SMILES string of the molecule is C[C@H](CCC(=O)OC(C)(C)C)n1c(CO)nc2sc(S(C)=O)nc2c1=O. The number of thiazole rings is 1. The molecule has 10 heteroatoms. The molecule has 8 nitrogen and oxygen atoms in total. The lowest BCUT2D eigenvalue weighted by molar-refractivity contribution is -0.155. The fourth-order valence-corrected chi connectivity index (χ4v) is 4.06. The van der Waals surface area contributed by atoms with Gasteiger partial charge in [0.25, 0.3) is 5.56 Å². The zero-order valence-corrected chi connectivity index (χ0v) is 17.1. The fraction of sp³-hybridized carbons (Fsp3) is 0.625. The summed E-state index contributed by atoms with van der Waals surface area (Å²) in [5.41, 5.74) is -0.856. The summed E-state index contributed by atoms with van der Waals surface area (Å²) in [6, 6.07) is -0.383. The third-order valence-corrected chi connectivity index (χ3v) is 5.82. The first-order chi connectivity index (χ1) is 12.0. The van der Waals surface area contributed by atoms with Gasteiger partial charge in [-0.2, -0.15) is 0 Å². The Morgan fingerprint density at radius 2 is 2.04 bits per heavy atom. The molecule has 0 amide bonds. The number of nitrogens with zero attached hydrogens (tertiary/aromatic N) is 3. The number of carbonyl (C=O) groups excluding carboxylic acids is 1. The largest absolute Gasteiger partial charge is 0.460 e. The minimum Gasteiger partial charge on any atom is -0.460 e. The highest BCUT2D eigenvalue weighted by Gasteiger charge is 2.22. The molecule has 1 unspecified atom stereocenters. The van der Waals surface area contributed by atoms with Gasteiger partial charge in [-0.3, -0.25) is 18.4 Å². The highest BCUT2D eigenvalue weighted by Crippen LogP contribution is 2.23. The molecule has 2 aromatic heterocycles. The highest BCUT2D eigenvalue weighted by molar-refractivity contribution is 7.86. The van der Waals surface area contributed by atoms with Crippen LogP contribution in [0.5, 0.6) is 0 Å². The Bertz CT molecular complexity index is 898. The van der Waals surface area contributed by atoms with Crippen molar-refractivity contribution in [3.8, 4) is 0 Å². The number of esters is 1. The van der Waals surface area contributed by atoms with E-state index in [4.69, 9.17) is 4.74 Å². The number of aliphatic hydroxyl groups excluding tert-OH is 1. The zero-order valence-electron chi connectivity index (χ0n) is 15.4. The summed E-state index contributed by atoms with van der Waals surface area (Å²) >= 11 is 1.07. The molecule has 2 atom stereocenters. The van der Waals surface area contributed by atoms with Crippen LogP contribution in [0.25, 0.3) is 10.3 Å². The monoisotopic (exact) mass is 401 g/mol. The van der Waals surface area contributed by atoms with Gasteiger partial charge in [-0.1, -0.05) is 11.3 Å². The summed E-state index contributed by atoms with van der Waals surface area (Å²) in [4.78, 5) is 33.5. The lowest BCUT2D eigenvalue weighted by atomic mass is 10.1. The average molecular weight is 402 g/mol. The summed E-state index contributed by atoms with van der Waals surface area (Å²) < 4.78 is 18.5. The van der Waals surface area contributed by atoms with Crippen molar-refractivity contribution in [2.75, 3.05) is 6.26 Å². The molecule has 0 saturated heterocycles. The van der Waals surface area contributed by atoms with Gasteiger partial charge in [0.15, 0.2) is 14.7 Å². The Morgan fingerprint density at radius 1 is 1.38 bits per heavy atom. The maximum Gasteiger partial charge on any atom is 0.306 e. The van der Waals surface area contributed by atoms with Crippen LogP contribution in [-0.4, -0.2) is 41.7 Å². The molecule has 2 heterocycles. The van der Waals surface area contributed by atoms with Gasteiger partial charge in [0.05, 0.1) is 10.8 Å². The Morgan fingerprint density at radius 3 is 2.58 bits per heavy atom. The van der Waals surface area contributed by atoms with E-state index in [0.29, 0.717) is 15.6 Å². The summed E-state index contributed by atoms with van der Waals surface area (Å²) in [5, 5.41) is 9.61. The van der Waals surface area contributed by atoms with Crippen LogP contribution in [0.3, 0.4) is 0 Å². The van der Waals surface area contributed by atoms with E-state index in [1.165, 1.54) is 10.8 Å². The Hall–Kier alpha value is -1.65. The van der Waals surface area contributed by atoms with Crippen molar-refractivity contribution in [2.24, 2.45) is 0 Å². The first kappa shape index (κ1) is 20.7. The van der Waals surface area contributed by atoms with Crippen molar-refractivity contribution >= 4 is 38.5 Å². The Balaban J connectivity index is 2.32. The number of carbonyl (C=O) groups is 1. The molecule has 1 N–H and O–H groups in total. The number of hydrogen-bond acceptors (Lipinski definition) is 8. The predicted molar refractivity (Wildman–Crippen MR) is 99.7 cm³/mol. The second-order valence-electron chi connectivity index (χ2n) is 6.92. The molecule has 0 saturated carbocycles. The van der Waals surface area contributed by atoms with Gasteiger partial charge in [0.1, 0.15) is 18.0 Å². The van der Waals surface area contributed by atoms with Crippen LogP contribution in [0, 0.1) is 0 Å². The molecule has 2 rings (SSSR count). The van der Waals surface area contributed by atoms with Crippen molar-refractivity contribution in [3.63, 3.8) is 0 Å². The molecule has 0 aliphatic heterocycles. The average Bonchev–Trinajstić information content (AvgIpc) is 2.95. The molecule has 144 valence electrons. The second-order valence-corrected chi connectivity index (χ2v) is 9.45. The second kappa shape index (κ2) is 7.93. The molecule has 0 fully saturated rings. The van der Waals surface area contributed by atoms with Crippen LogP contribution in [-0.2, 0) is 26.9 Å². The molecule has 0 aliphatic rings. The lowest BCUT2D eigenvalue weighted by Gasteiger charge is -2.21. The van der Waals surface area contributed by atoms with E-state index in [1.54, 1.807) is 27.7 Å². The minimum absolute atomic E-state index is 0.126. The topological polar surface area (TPSA) is 111 Å². The highest BCUT2D eigenvalue weighted by atomic mass is 32.2. The van der Waals surface area contributed by atoms with Crippen molar-refractivity contribution in [3.05, 3.63) is 16.2 Å². The number of fused-ring (bicyclic) bond motifs is 1. The molecular weight excluding hydrogens is 378 g/mol. The number of aromatic nitrogens is 3. The van der Waals surface area contributed by atoms with Crippen LogP contribution in [0.15, 0.2) is 9.13 Å². The summed E-state index contributed by atoms with van der Waals surface area (Å²) in [6.07, 6.45) is 1.97. The van der Waals surface area contributed by atoms with Gasteiger partial charge in [-0.15, -0.1) is 0 Å². The lowest BCUT2D eigenvalue weighted by Crippen LogP contribution is -2.29. The van der Waals surface area contributed by atoms with E-state index in [1.807, 2.05) is 0 Å². The number of rotatable bonds is 6. The van der Waals surface area contributed by atoms with Gasteiger partial charge >= 0.3 is 5.97 Å².